The van der Waals surface area contributed by atoms with E-state index in [1.54, 1.807) is 0 Å². The van der Waals surface area contributed by atoms with Gasteiger partial charge in [0.15, 0.2) is 16.6 Å². The number of aromatic nitrogens is 1. The zero-order chi connectivity index (χ0) is 12.4. The maximum atomic E-state index is 10.7. The lowest BCUT2D eigenvalue weighted by Gasteiger charge is -2.34. The Hall–Kier alpha value is -0.650. The summed E-state index contributed by atoms with van der Waals surface area (Å²) in [7, 11) is 4.17. The first kappa shape index (κ1) is 12.8. The maximum absolute atomic E-state index is 10.7. The van der Waals surface area contributed by atoms with E-state index >= 15 is 0 Å². The minimum absolute atomic E-state index is 0.319. The fourth-order valence-electron chi connectivity index (χ4n) is 2.06. The summed E-state index contributed by atoms with van der Waals surface area (Å²) in [5.41, 5.74) is 0. The van der Waals surface area contributed by atoms with Gasteiger partial charge in [0, 0.05) is 13.1 Å². The van der Waals surface area contributed by atoms with Gasteiger partial charge in [-0.25, -0.2) is 4.98 Å². The predicted octanol–water partition coefficient (Wildman–Crippen LogP) is 2.14. The van der Waals surface area contributed by atoms with Gasteiger partial charge >= 0.3 is 0 Å². The summed E-state index contributed by atoms with van der Waals surface area (Å²) in [6.07, 6.45) is 3.02. The Morgan fingerprint density at radius 3 is 2.71 bits per heavy atom. The van der Waals surface area contributed by atoms with E-state index in [-0.39, 0.29) is 0 Å². The minimum Gasteiger partial charge on any atom is -0.348 e. The molecule has 0 amide bonds. The predicted molar refractivity (Wildman–Crippen MR) is 71.4 cm³/mol. The van der Waals surface area contributed by atoms with Gasteiger partial charge in [-0.15, -0.1) is 0 Å². The second-order valence-electron chi connectivity index (χ2n) is 4.41. The van der Waals surface area contributed by atoms with Crippen molar-refractivity contribution in [2.24, 2.45) is 0 Å². The summed E-state index contributed by atoms with van der Waals surface area (Å²) in [6.45, 7) is 2.21. The number of likely N-dealkylation sites (tertiary alicyclic amines) is 1. The molecule has 0 aromatic carbocycles. The van der Waals surface area contributed by atoms with Crippen LogP contribution in [0.1, 0.15) is 22.5 Å². The number of carbonyl (C=O) groups excluding carboxylic acids is 1. The molecule has 1 aliphatic rings. The fraction of sp³-hybridized carbons (Fsp3) is 0.636. The average Bonchev–Trinajstić information content (AvgIpc) is 2.70. The fourth-order valence-corrected chi connectivity index (χ4v) is 3.16. The number of hydrogen-bond donors (Lipinski definition) is 0. The van der Waals surface area contributed by atoms with Gasteiger partial charge in [0.2, 0.25) is 0 Å². The number of aldehydes is 1. The minimum atomic E-state index is 0.319. The molecule has 1 aromatic heterocycles. The Kier molecular flexibility index (Phi) is 4.01. The number of halogens is 1. The molecule has 2 rings (SSSR count). The summed E-state index contributed by atoms with van der Waals surface area (Å²) in [6, 6.07) is 0.493. The normalized spacial score (nSPS) is 18.3. The summed E-state index contributed by atoms with van der Waals surface area (Å²) in [5.74, 6) is 0. The molecule has 6 heteroatoms. The molecule has 1 aromatic rings. The highest BCUT2D eigenvalue weighted by atomic mass is 35.5. The van der Waals surface area contributed by atoms with Gasteiger partial charge < -0.3 is 9.80 Å². The highest BCUT2D eigenvalue weighted by molar-refractivity contribution is 7.17. The largest absolute Gasteiger partial charge is 0.348 e. The van der Waals surface area contributed by atoms with Crippen LogP contribution in [0.2, 0.25) is 5.15 Å². The van der Waals surface area contributed by atoms with Crippen LogP contribution in [-0.2, 0) is 0 Å². The first-order valence-corrected chi connectivity index (χ1v) is 6.84. The maximum Gasteiger partial charge on any atom is 0.187 e. The second kappa shape index (κ2) is 5.33. The van der Waals surface area contributed by atoms with Crippen molar-refractivity contribution in [3.63, 3.8) is 0 Å². The summed E-state index contributed by atoms with van der Waals surface area (Å²) < 4.78 is 0. The quantitative estimate of drug-likeness (QED) is 0.791. The zero-order valence-electron chi connectivity index (χ0n) is 10.0. The molecule has 1 saturated heterocycles. The van der Waals surface area contributed by atoms with Crippen LogP contribution in [-0.4, -0.2) is 49.4 Å². The van der Waals surface area contributed by atoms with Gasteiger partial charge in [0.05, 0.1) is 0 Å². The molecule has 0 atom stereocenters. The number of hydrogen-bond acceptors (Lipinski definition) is 5. The molecule has 0 radical (unpaired) electrons. The van der Waals surface area contributed by atoms with E-state index in [4.69, 9.17) is 11.6 Å². The van der Waals surface area contributed by atoms with Crippen LogP contribution in [0, 0.1) is 0 Å². The summed E-state index contributed by atoms with van der Waals surface area (Å²) in [5, 5.41) is 1.16. The number of thiazole rings is 1. The van der Waals surface area contributed by atoms with E-state index in [2.05, 4.69) is 21.8 Å². The van der Waals surface area contributed by atoms with Crippen LogP contribution in [0.5, 0.6) is 0 Å². The van der Waals surface area contributed by atoms with Crippen molar-refractivity contribution >= 4 is 34.4 Å². The lowest BCUT2D eigenvalue weighted by molar-refractivity contribution is 0.112. The molecule has 17 heavy (non-hydrogen) atoms. The highest BCUT2D eigenvalue weighted by Gasteiger charge is 2.23. The molecule has 1 aliphatic heterocycles. The Morgan fingerprint density at radius 1 is 1.53 bits per heavy atom. The lowest BCUT2D eigenvalue weighted by Crippen LogP contribution is -2.41. The van der Waals surface area contributed by atoms with Gasteiger partial charge in [-0.05, 0) is 33.0 Å². The number of carbonyl (C=O) groups is 1. The van der Waals surface area contributed by atoms with E-state index < -0.39 is 0 Å². The van der Waals surface area contributed by atoms with Crippen molar-refractivity contribution in [1.82, 2.24) is 9.88 Å². The number of nitrogens with zero attached hydrogens (tertiary/aromatic N) is 3. The Balaban J connectivity index is 2.08. The first-order valence-electron chi connectivity index (χ1n) is 5.64. The molecule has 4 nitrogen and oxygen atoms in total. The Labute approximate surface area is 110 Å². The molecule has 0 aliphatic carbocycles. The molecule has 0 unspecified atom stereocenters. The van der Waals surface area contributed by atoms with Gasteiger partial charge in [-0.2, -0.15) is 0 Å². The van der Waals surface area contributed by atoms with E-state index in [9.17, 15) is 4.79 Å². The van der Waals surface area contributed by atoms with Crippen LogP contribution in [0.25, 0.3) is 0 Å². The summed E-state index contributed by atoms with van der Waals surface area (Å²) in [4.78, 5) is 20.0. The van der Waals surface area contributed by atoms with Gasteiger partial charge in [-0.3, -0.25) is 4.79 Å². The van der Waals surface area contributed by atoms with Crippen molar-refractivity contribution in [1.29, 1.82) is 0 Å². The number of rotatable bonds is 3. The van der Waals surface area contributed by atoms with Crippen molar-refractivity contribution < 1.29 is 4.79 Å². The Bertz CT molecular complexity index is 401. The van der Waals surface area contributed by atoms with Crippen LogP contribution in [0.15, 0.2) is 0 Å². The van der Waals surface area contributed by atoms with Crippen LogP contribution in [0.4, 0.5) is 5.13 Å². The first-order chi connectivity index (χ1) is 8.11. The third kappa shape index (κ3) is 2.78. The number of piperidine rings is 1. The molecule has 2 heterocycles. The van der Waals surface area contributed by atoms with Gasteiger partial charge in [0.1, 0.15) is 4.88 Å². The Morgan fingerprint density at radius 2 is 2.18 bits per heavy atom. The van der Waals surface area contributed by atoms with Crippen LogP contribution < -0.4 is 4.90 Å². The van der Waals surface area contributed by atoms with Crippen molar-refractivity contribution in [2.45, 2.75) is 18.9 Å². The third-order valence-corrected chi connectivity index (χ3v) is 4.71. The van der Waals surface area contributed by atoms with Gasteiger partial charge in [0.25, 0.3) is 0 Å². The summed E-state index contributed by atoms with van der Waals surface area (Å²) >= 11 is 7.25. The van der Waals surface area contributed by atoms with Crippen molar-refractivity contribution in [3.05, 3.63) is 10.0 Å². The van der Waals surface area contributed by atoms with E-state index in [0.717, 1.165) is 37.3 Å². The molecule has 0 bridgehead atoms. The molecule has 0 saturated carbocycles. The lowest BCUT2D eigenvalue weighted by atomic mass is 10.0. The zero-order valence-corrected chi connectivity index (χ0v) is 11.6. The van der Waals surface area contributed by atoms with E-state index in [1.807, 2.05) is 7.05 Å². The van der Waals surface area contributed by atoms with Crippen LogP contribution in [0.3, 0.4) is 0 Å². The SMILES string of the molecule is CN1CCC(N(C)c2nc(Cl)c(C=O)s2)CC1. The van der Waals surface area contributed by atoms with Gasteiger partial charge in [-0.1, -0.05) is 22.9 Å². The number of anilines is 1. The van der Waals surface area contributed by atoms with Crippen molar-refractivity contribution in [2.75, 3.05) is 32.1 Å². The second-order valence-corrected chi connectivity index (χ2v) is 5.78. The standard InChI is InChI=1S/C11H16ClN3OS/c1-14-5-3-8(4-6-14)15(2)11-13-10(12)9(7-16)17-11/h7-8H,3-6H2,1-2H3. The average molecular weight is 274 g/mol. The monoisotopic (exact) mass is 273 g/mol. The van der Waals surface area contributed by atoms with E-state index in [1.165, 1.54) is 11.3 Å². The molecule has 1 fully saturated rings. The molecule has 94 valence electrons. The molecular weight excluding hydrogens is 258 g/mol. The molecule has 0 spiro atoms. The smallest absolute Gasteiger partial charge is 0.187 e. The topological polar surface area (TPSA) is 36.4 Å². The van der Waals surface area contributed by atoms with Crippen molar-refractivity contribution in [3.8, 4) is 0 Å². The molecule has 0 N–H and O–H groups in total. The van der Waals surface area contributed by atoms with E-state index in [0.29, 0.717) is 16.1 Å². The molecular formula is C11H16ClN3OS. The van der Waals surface area contributed by atoms with Crippen LogP contribution >= 0.6 is 22.9 Å². The highest BCUT2D eigenvalue weighted by Crippen LogP contribution is 2.30. The third-order valence-electron chi connectivity index (χ3n) is 3.24.